The van der Waals surface area contributed by atoms with E-state index < -0.39 is 0 Å². The molecule has 4 rings (SSSR count). The van der Waals surface area contributed by atoms with Crippen molar-refractivity contribution in [3.8, 4) is 5.75 Å². The van der Waals surface area contributed by atoms with E-state index in [0.717, 1.165) is 41.3 Å². The van der Waals surface area contributed by atoms with Crippen LogP contribution in [0.4, 0.5) is 15.8 Å². The number of nitrogens with one attached hydrogen (secondary N) is 1. The largest absolute Gasteiger partial charge is 0.489 e. The molecule has 0 aliphatic carbocycles. The van der Waals surface area contributed by atoms with E-state index in [1.165, 1.54) is 12.1 Å². The van der Waals surface area contributed by atoms with Crippen molar-refractivity contribution in [2.24, 2.45) is 0 Å². The minimum atomic E-state index is -0.265. The lowest BCUT2D eigenvalue weighted by atomic mass is 10.2. The molecule has 0 aromatic heterocycles. The predicted octanol–water partition coefficient (Wildman–Crippen LogP) is 6.16. The summed E-state index contributed by atoms with van der Waals surface area (Å²) in [6.45, 7) is 3.96. The normalized spacial score (nSPS) is 13.8. The van der Waals surface area contributed by atoms with Crippen LogP contribution in [0.3, 0.4) is 0 Å². The van der Waals surface area contributed by atoms with Crippen molar-refractivity contribution >= 4 is 34.6 Å². The standard InChI is InChI=1S/C24H23Cl2FN2O2/c25-19-3-8-24(31-16-17-1-4-20(27)5-2-17)18(13-19)15-28-21-6-7-23(22(26)14-21)29-9-11-30-12-10-29/h1-8,13-14,28H,9-12,15-16H2. The highest BCUT2D eigenvalue weighted by molar-refractivity contribution is 6.33. The van der Waals surface area contributed by atoms with Crippen molar-refractivity contribution < 1.29 is 13.9 Å². The van der Waals surface area contributed by atoms with Crippen molar-refractivity contribution in [2.45, 2.75) is 13.2 Å². The molecule has 0 saturated carbocycles. The predicted molar refractivity (Wildman–Crippen MR) is 124 cm³/mol. The highest BCUT2D eigenvalue weighted by Crippen LogP contribution is 2.30. The SMILES string of the molecule is Fc1ccc(COc2ccc(Cl)cc2CNc2ccc(N3CCOCC3)c(Cl)c2)cc1. The molecule has 31 heavy (non-hydrogen) atoms. The summed E-state index contributed by atoms with van der Waals surface area (Å²) < 4.78 is 24.5. The maximum Gasteiger partial charge on any atom is 0.124 e. The Kier molecular flexibility index (Phi) is 7.17. The summed E-state index contributed by atoms with van der Waals surface area (Å²) in [6.07, 6.45) is 0. The van der Waals surface area contributed by atoms with Crippen LogP contribution < -0.4 is 15.0 Å². The van der Waals surface area contributed by atoms with Crippen molar-refractivity contribution in [1.29, 1.82) is 0 Å². The van der Waals surface area contributed by atoms with Crippen molar-refractivity contribution in [3.05, 3.63) is 87.7 Å². The van der Waals surface area contributed by atoms with Gasteiger partial charge in [0.05, 0.1) is 23.9 Å². The molecular formula is C24H23Cl2FN2O2. The molecule has 0 atom stereocenters. The highest BCUT2D eigenvalue weighted by Gasteiger charge is 2.14. The third-order valence-electron chi connectivity index (χ3n) is 5.11. The van der Waals surface area contributed by atoms with Gasteiger partial charge in [-0.25, -0.2) is 4.39 Å². The van der Waals surface area contributed by atoms with Crippen LogP contribution in [0.15, 0.2) is 60.7 Å². The van der Waals surface area contributed by atoms with Gasteiger partial charge in [0.15, 0.2) is 0 Å². The number of hydrogen-bond donors (Lipinski definition) is 1. The third-order valence-corrected chi connectivity index (χ3v) is 5.65. The highest BCUT2D eigenvalue weighted by atomic mass is 35.5. The summed E-state index contributed by atoms with van der Waals surface area (Å²) in [6, 6.07) is 17.7. The second-order valence-corrected chi connectivity index (χ2v) is 8.13. The lowest BCUT2D eigenvalue weighted by Crippen LogP contribution is -2.36. The van der Waals surface area contributed by atoms with E-state index in [1.54, 1.807) is 18.2 Å². The zero-order valence-corrected chi connectivity index (χ0v) is 18.4. The Morgan fingerprint density at radius 2 is 1.74 bits per heavy atom. The topological polar surface area (TPSA) is 33.7 Å². The molecule has 0 bridgehead atoms. The summed E-state index contributed by atoms with van der Waals surface area (Å²) in [5.74, 6) is 0.454. The van der Waals surface area contributed by atoms with E-state index >= 15 is 0 Å². The van der Waals surface area contributed by atoms with Crippen LogP contribution in [0.2, 0.25) is 10.0 Å². The Morgan fingerprint density at radius 3 is 2.48 bits per heavy atom. The van der Waals surface area contributed by atoms with E-state index in [4.69, 9.17) is 32.7 Å². The van der Waals surface area contributed by atoms with E-state index in [2.05, 4.69) is 10.2 Å². The first-order chi connectivity index (χ1) is 15.1. The lowest BCUT2D eigenvalue weighted by molar-refractivity contribution is 0.122. The van der Waals surface area contributed by atoms with Crippen molar-refractivity contribution in [2.75, 3.05) is 36.5 Å². The maximum atomic E-state index is 13.1. The van der Waals surface area contributed by atoms with Gasteiger partial charge in [-0.2, -0.15) is 0 Å². The molecule has 1 aliphatic heterocycles. The first-order valence-corrected chi connectivity index (χ1v) is 10.9. The zero-order chi connectivity index (χ0) is 21.6. The molecule has 3 aromatic rings. The number of halogens is 3. The number of benzene rings is 3. The van der Waals surface area contributed by atoms with Crippen LogP contribution in [0, 0.1) is 5.82 Å². The summed E-state index contributed by atoms with van der Waals surface area (Å²) >= 11 is 12.7. The summed E-state index contributed by atoms with van der Waals surface area (Å²) in [7, 11) is 0. The van der Waals surface area contributed by atoms with Gasteiger partial charge in [0.25, 0.3) is 0 Å². The van der Waals surface area contributed by atoms with Crippen molar-refractivity contribution in [1.82, 2.24) is 0 Å². The average Bonchev–Trinajstić information content (AvgIpc) is 2.79. The molecule has 3 aromatic carbocycles. The molecule has 1 aliphatic rings. The van der Waals surface area contributed by atoms with E-state index in [1.807, 2.05) is 30.3 Å². The van der Waals surface area contributed by atoms with Crippen LogP contribution in [0.25, 0.3) is 0 Å². The van der Waals surface area contributed by atoms with Gasteiger partial charge in [0, 0.05) is 35.9 Å². The van der Waals surface area contributed by atoms with E-state index in [9.17, 15) is 4.39 Å². The second-order valence-electron chi connectivity index (χ2n) is 7.29. The average molecular weight is 461 g/mol. The third kappa shape index (κ3) is 5.82. The van der Waals surface area contributed by atoms with Crippen molar-refractivity contribution in [3.63, 3.8) is 0 Å². The van der Waals surface area contributed by atoms with Crippen LogP contribution in [0.5, 0.6) is 5.75 Å². The molecule has 0 amide bonds. The van der Waals surface area contributed by atoms with Gasteiger partial charge in [0.2, 0.25) is 0 Å². The Labute approximate surface area is 191 Å². The van der Waals surface area contributed by atoms with Crippen LogP contribution >= 0.6 is 23.2 Å². The molecule has 0 spiro atoms. The number of nitrogens with zero attached hydrogens (tertiary/aromatic N) is 1. The summed E-state index contributed by atoms with van der Waals surface area (Å²) in [5, 5.41) is 4.72. The van der Waals surface area contributed by atoms with Crippen LogP contribution in [-0.4, -0.2) is 26.3 Å². The van der Waals surface area contributed by atoms with Gasteiger partial charge < -0.3 is 19.7 Å². The molecule has 7 heteroatoms. The quantitative estimate of drug-likeness (QED) is 0.457. The Hall–Kier alpha value is -2.47. The van der Waals surface area contributed by atoms with Gasteiger partial charge in [0.1, 0.15) is 18.2 Å². The van der Waals surface area contributed by atoms with Gasteiger partial charge in [-0.15, -0.1) is 0 Å². The number of ether oxygens (including phenoxy) is 2. The van der Waals surface area contributed by atoms with E-state index in [0.29, 0.717) is 36.4 Å². The van der Waals surface area contributed by atoms with E-state index in [-0.39, 0.29) is 5.82 Å². The fourth-order valence-corrected chi connectivity index (χ4v) is 3.94. The number of hydrogen-bond acceptors (Lipinski definition) is 4. The number of anilines is 2. The molecule has 0 unspecified atom stereocenters. The van der Waals surface area contributed by atoms with Gasteiger partial charge >= 0.3 is 0 Å². The number of rotatable bonds is 7. The Bertz CT molecular complexity index is 1020. The number of morpholine rings is 1. The van der Waals surface area contributed by atoms with Crippen LogP contribution in [0.1, 0.15) is 11.1 Å². The first-order valence-electron chi connectivity index (χ1n) is 10.1. The fraction of sp³-hybridized carbons (Fsp3) is 0.250. The zero-order valence-electron chi connectivity index (χ0n) is 16.9. The summed E-state index contributed by atoms with van der Waals surface area (Å²) in [4.78, 5) is 2.23. The molecule has 1 N–H and O–H groups in total. The molecular weight excluding hydrogens is 438 g/mol. The molecule has 1 heterocycles. The van der Waals surface area contributed by atoms with Crippen LogP contribution in [-0.2, 0) is 17.9 Å². The first kappa shape index (κ1) is 21.8. The monoisotopic (exact) mass is 460 g/mol. The molecule has 1 saturated heterocycles. The van der Waals surface area contributed by atoms with Gasteiger partial charge in [-0.05, 0) is 54.1 Å². The fourth-order valence-electron chi connectivity index (χ4n) is 3.44. The smallest absolute Gasteiger partial charge is 0.124 e. The Morgan fingerprint density at radius 1 is 0.968 bits per heavy atom. The minimum Gasteiger partial charge on any atom is -0.489 e. The Balaban J connectivity index is 1.42. The maximum absolute atomic E-state index is 13.1. The summed E-state index contributed by atoms with van der Waals surface area (Å²) in [5.41, 5.74) is 3.73. The molecule has 162 valence electrons. The molecule has 0 radical (unpaired) electrons. The molecule has 4 nitrogen and oxygen atoms in total. The second kappa shape index (κ2) is 10.2. The van der Waals surface area contributed by atoms with Gasteiger partial charge in [-0.3, -0.25) is 0 Å². The lowest BCUT2D eigenvalue weighted by Gasteiger charge is -2.29. The van der Waals surface area contributed by atoms with Gasteiger partial charge in [-0.1, -0.05) is 35.3 Å². The minimum absolute atomic E-state index is 0.265. The molecule has 1 fully saturated rings.